The molecule has 0 aliphatic heterocycles. The predicted molar refractivity (Wildman–Crippen MR) is 47.3 cm³/mol. The lowest BCUT2D eigenvalue weighted by Gasteiger charge is -2.00. The van der Waals surface area contributed by atoms with E-state index in [-0.39, 0.29) is 6.04 Å². The maximum absolute atomic E-state index is 5.58. The Kier molecular flexibility index (Phi) is 5.71. The van der Waals surface area contributed by atoms with E-state index in [0.29, 0.717) is 0 Å². The fraction of sp³-hybridized carbons (Fsp3) is 0.875. The van der Waals surface area contributed by atoms with Crippen LogP contribution in [0.1, 0.15) is 20.3 Å². The third-order valence-corrected chi connectivity index (χ3v) is 1.32. The Morgan fingerprint density at radius 2 is 2.27 bits per heavy atom. The average Bonchev–Trinajstić information content (AvgIpc) is 1.97. The van der Waals surface area contributed by atoms with Crippen LogP contribution in [-0.4, -0.2) is 36.8 Å². The molecule has 64 valence electrons. The van der Waals surface area contributed by atoms with Gasteiger partial charge in [-0.05, 0) is 18.8 Å². The van der Waals surface area contributed by atoms with E-state index < -0.39 is 0 Å². The molecule has 0 radical (unpaired) electrons. The van der Waals surface area contributed by atoms with E-state index >= 15 is 0 Å². The van der Waals surface area contributed by atoms with Crippen LogP contribution in [0.25, 0.3) is 0 Å². The molecule has 0 saturated carbocycles. The van der Waals surface area contributed by atoms with Crippen molar-refractivity contribution >= 4 is 6.01 Å². The highest BCUT2D eigenvalue weighted by Crippen LogP contribution is 1.83. The molecule has 2 N–H and O–H groups in total. The minimum atomic E-state index is 0.265. The second-order valence-electron chi connectivity index (χ2n) is 2.76. The molecule has 0 heterocycles. The molecule has 0 rings (SSSR count). The Balaban J connectivity index is 3.68. The van der Waals surface area contributed by atoms with Gasteiger partial charge < -0.3 is 5.73 Å². The highest BCUT2D eigenvalue weighted by atomic mass is 15.0. The number of rotatable bonds is 4. The smallest absolute Gasteiger partial charge is 0.306 e. The maximum Gasteiger partial charge on any atom is 0.306 e. The van der Waals surface area contributed by atoms with Crippen molar-refractivity contribution in [3.63, 3.8) is 0 Å². The molecule has 3 heteroatoms. The average molecular weight is 156 g/mol. The Morgan fingerprint density at radius 3 is 2.73 bits per heavy atom. The molecule has 0 spiro atoms. The summed E-state index contributed by atoms with van der Waals surface area (Å²) in [4.78, 5) is 3.98. The topological polar surface area (TPSA) is 41.4 Å². The Labute approximate surface area is 68.6 Å². The lowest BCUT2D eigenvalue weighted by molar-refractivity contribution is -0.491. The molecule has 3 nitrogen and oxygen atoms in total. The van der Waals surface area contributed by atoms with Crippen LogP contribution in [0.4, 0.5) is 0 Å². The molecule has 11 heavy (non-hydrogen) atoms. The molecule has 0 bridgehead atoms. The molecule has 0 aliphatic carbocycles. The zero-order chi connectivity index (χ0) is 8.69. The largest absolute Gasteiger partial charge is 0.328 e. The van der Waals surface area contributed by atoms with Crippen LogP contribution in [-0.2, 0) is 0 Å². The standard InChI is InChI=1S/C8H18N3/c1-4-10-7-11(3)6-5-8(2)9/h8H,4-6,9H2,1-3H3/q+1. The summed E-state index contributed by atoms with van der Waals surface area (Å²) in [5, 5.41) is 0. The molecule has 0 fully saturated rings. The van der Waals surface area contributed by atoms with Crippen molar-refractivity contribution in [1.82, 2.24) is 0 Å². The van der Waals surface area contributed by atoms with Gasteiger partial charge >= 0.3 is 6.01 Å². The Bertz CT molecular complexity index is 155. The fourth-order valence-corrected chi connectivity index (χ4v) is 0.639. The first-order valence-electron chi connectivity index (χ1n) is 4.05. The second-order valence-corrected chi connectivity index (χ2v) is 2.76. The normalized spacial score (nSPS) is 12.0. The van der Waals surface area contributed by atoms with Crippen molar-refractivity contribution in [3.05, 3.63) is 0 Å². The van der Waals surface area contributed by atoms with Crippen molar-refractivity contribution in [2.75, 3.05) is 20.1 Å². The molecule has 1 atom stereocenters. The van der Waals surface area contributed by atoms with E-state index in [1.807, 2.05) is 25.5 Å². The summed E-state index contributed by atoms with van der Waals surface area (Å²) >= 11 is 0. The van der Waals surface area contributed by atoms with E-state index in [1.54, 1.807) is 0 Å². The van der Waals surface area contributed by atoms with Crippen LogP contribution in [0.2, 0.25) is 0 Å². The van der Waals surface area contributed by atoms with Gasteiger partial charge in [-0.1, -0.05) is 0 Å². The van der Waals surface area contributed by atoms with Crippen molar-refractivity contribution in [2.45, 2.75) is 26.3 Å². The van der Waals surface area contributed by atoms with Gasteiger partial charge in [-0.15, -0.1) is 0 Å². The fourth-order valence-electron chi connectivity index (χ4n) is 0.639. The predicted octanol–water partition coefficient (Wildman–Crippen LogP) is 0.560. The van der Waals surface area contributed by atoms with E-state index in [1.165, 1.54) is 0 Å². The zero-order valence-corrected chi connectivity index (χ0v) is 7.67. The number of hydrogen-bond acceptors (Lipinski definition) is 2. The Morgan fingerprint density at radius 1 is 1.64 bits per heavy atom. The minimum Gasteiger partial charge on any atom is -0.328 e. The van der Waals surface area contributed by atoms with Crippen molar-refractivity contribution in [3.8, 4) is 0 Å². The number of nitrogens with zero attached hydrogens (tertiary/aromatic N) is 2. The van der Waals surface area contributed by atoms with E-state index in [9.17, 15) is 0 Å². The molecule has 0 aromatic heterocycles. The highest BCUT2D eigenvalue weighted by molar-refractivity contribution is 5.33. The van der Waals surface area contributed by atoms with Gasteiger partial charge in [-0.3, -0.25) is 0 Å². The van der Waals surface area contributed by atoms with Crippen LogP contribution in [0.3, 0.4) is 0 Å². The lowest BCUT2D eigenvalue weighted by atomic mass is 10.2. The third kappa shape index (κ3) is 7.23. The molecular weight excluding hydrogens is 138 g/mol. The first-order chi connectivity index (χ1) is 5.16. The van der Waals surface area contributed by atoms with Crippen molar-refractivity contribution < 1.29 is 4.58 Å². The summed E-state index contributed by atoms with van der Waals surface area (Å²) in [6.07, 6.45) is 0.989. The van der Waals surface area contributed by atoms with Crippen LogP contribution in [0, 0.1) is 0 Å². The number of aliphatic imine (C=N–C) groups is 1. The van der Waals surface area contributed by atoms with Gasteiger partial charge in [-0.2, -0.15) is 0 Å². The first-order valence-corrected chi connectivity index (χ1v) is 4.05. The molecule has 1 unspecified atom stereocenters. The molecule has 0 aromatic carbocycles. The number of hydrogen-bond donors (Lipinski definition) is 1. The molecule has 0 aromatic rings. The molecular formula is C8H18N3+. The van der Waals surface area contributed by atoms with Gasteiger partial charge in [0.2, 0.25) is 0 Å². The van der Waals surface area contributed by atoms with Crippen LogP contribution in [0.5, 0.6) is 0 Å². The van der Waals surface area contributed by atoms with Crippen LogP contribution < -0.4 is 5.73 Å². The van der Waals surface area contributed by atoms with Crippen molar-refractivity contribution in [1.29, 1.82) is 0 Å². The van der Waals surface area contributed by atoms with Gasteiger partial charge in [0.05, 0.1) is 13.6 Å². The lowest BCUT2D eigenvalue weighted by Crippen LogP contribution is -2.20. The highest BCUT2D eigenvalue weighted by Gasteiger charge is 1.96. The molecule has 0 amide bonds. The Hall–Kier alpha value is -0.660. The first kappa shape index (κ1) is 10.3. The summed E-state index contributed by atoms with van der Waals surface area (Å²) < 4.78 is 1.94. The summed E-state index contributed by atoms with van der Waals surface area (Å²) in [6.45, 7) is 5.72. The quantitative estimate of drug-likeness (QED) is 0.469. The second kappa shape index (κ2) is 6.08. The minimum absolute atomic E-state index is 0.265. The van der Waals surface area contributed by atoms with Gasteiger partial charge in [0.1, 0.15) is 6.54 Å². The van der Waals surface area contributed by atoms with Gasteiger partial charge in [-0.25, -0.2) is 4.58 Å². The van der Waals surface area contributed by atoms with E-state index in [0.717, 1.165) is 19.5 Å². The third-order valence-electron chi connectivity index (χ3n) is 1.32. The van der Waals surface area contributed by atoms with Gasteiger partial charge in [0.15, 0.2) is 0 Å². The summed E-state index contributed by atoms with van der Waals surface area (Å²) in [6, 6.07) is 3.16. The monoisotopic (exact) mass is 156 g/mol. The SMILES string of the molecule is CCN=C=[N+](C)CCC(C)N. The summed E-state index contributed by atoms with van der Waals surface area (Å²) in [5.74, 6) is 0. The summed E-state index contributed by atoms with van der Waals surface area (Å²) in [7, 11) is 1.96. The van der Waals surface area contributed by atoms with Gasteiger partial charge in [0.25, 0.3) is 0 Å². The van der Waals surface area contributed by atoms with E-state index in [4.69, 9.17) is 5.73 Å². The van der Waals surface area contributed by atoms with E-state index in [2.05, 4.69) is 11.0 Å². The van der Waals surface area contributed by atoms with Gasteiger partial charge in [0, 0.05) is 12.5 Å². The van der Waals surface area contributed by atoms with Crippen molar-refractivity contribution in [2.24, 2.45) is 10.7 Å². The molecule has 0 aliphatic rings. The summed E-state index contributed by atoms with van der Waals surface area (Å²) in [5.41, 5.74) is 5.58. The number of nitrogens with two attached hydrogens (primary N) is 1. The molecule has 0 saturated heterocycles. The maximum atomic E-state index is 5.58. The van der Waals surface area contributed by atoms with Crippen LogP contribution >= 0.6 is 0 Å². The van der Waals surface area contributed by atoms with Crippen LogP contribution in [0.15, 0.2) is 4.99 Å². The zero-order valence-electron chi connectivity index (χ0n) is 7.67.